The Morgan fingerprint density at radius 3 is 2.47 bits per heavy atom. The van der Waals surface area contributed by atoms with Gasteiger partial charge in [0.05, 0.1) is 5.69 Å². The maximum absolute atomic E-state index is 13.3. The first-order valence-corrected chi connectivity index (χ1v) is 5.94. The van der Waals surface area contributed by atoms with Crippen LogP contribution in [0, 0.1) is 11.6 Å². The van der Waals surface area contributed by atoms with E-state index in [1.54, 1.807) is 0 Å². The molecule has 1 amide bonds. The van der Waals surface area contributed by atoms with Crippen molar-refractivity contribution in [3.05, 3.63) is 65.7 Å². The Bertz CT molecular complexity index is 570. The van der Waals surface area contributed by atoms with Gasteiger partial charge in [-0.2, -0.15) is 0 Å². The van der Waals surface area contributed by atoms with Crippen molar-refractivity contribution in [1.29, 1.82) is 0 Å². The third kappa shape index (κ3) is 3.88. The summed E-state index contributed by atoms with van der Waals surface area (Å²) in [5, 5.41) is 2.43. The van der Waals surface area contributed by atoms with Gasteiger partial charge in [0.1, 0.15) is 11.6 Å². The lowest BCUT2D eigenvalue weighted by atomic mass is 10.1. The van der Waals surface area contributed by atoms with Crippen LogP contribution in [0.15, 0.2) is 48.5 Å². The van der Waals surface area contributed by atoms with Crippen LogP contribution in [0.4, 0.5) is 14.5 Å². The van der Waals surface area contributed by atoms with E-state index in [0.717, 1.165) is 17.7 Å². The summed E-state index contributed by atoms with van der Waals surface area (Å²) in [4.78, 5) is 11.7. The first kappa shape index (κ1) is 13.2. The van der Waals surface area contributed by atoms with Crippen molar-refractivity contribution in [1.82, 2.24) is 0 Å². The third-order valence-electron chi connectivity index (χ3n) is 2.69. The van der Waals surface area contributed by atoms with E-state index in [1.807, 2.05) is 30.3 Å². The van der Waals surface area contributed by atoms with Crippen molar-refractivity contribution in [2.75, 3.05) is 5.32 Å². The molecular weight excluding hydrogens is 248 g/mol. The molecule has 0 radical (unpaired) electrons. The number of amides is 1. The van der Waals surface area contributed by atoms with Crippen LogP contribution in [-0.4, -0.2) is 5.91 Å². The Hall–Kier alpha value is -2.23. The molecule has 0 heterocycles. The number of nitrogens with one attached hydrogen (secondary N) is 1. The molecule has 0 atom stereocenters. The summed E-state index contributed by atoms with van der Waals surface area (Å²) >= 11 is 0. The number of anilines is 1. The third-order valence-corrected chi connectivity index (χ3v) is 2.69. The fraction of sp³-hybridized carbons (Fsp3) is 0.133. The SMILES string of the molecule is O=C(CCc1ccccc1)Nc1ccc(F)cc1F. The smallest absolute Gasteiger partial charge is 0.224 e. The van der Waals surface area contributed by atoms with Gasteiger partial charge < -0.3 is 5.32 Å². The van der Waals surface area contributed by atoms with Crippen molar-refractivity contribution in [2.24, 2.45) is 0 Å². The number of benzene rings is 2. The van der Waals surface area contributed by atoms with Gasteiger partial charge in [0.15, 0.2) is 0 Å². The van der Waals surface area contributed by atoms with Crippen LogP contribution >= 0.6 is 0 Å². The van der Waals surface area contributed by atoms with E-state index >= 15 is 0 Å². The first-order valence-electron chi connectivity index (χ1n) is 5.94. The number of carbonyl (C=O) groups excluding carboxylic acids is 1. The predicted octanol–water partition coefficient (Wildman–Crippen LogP) is 3.54. The lowest BCUT2D eigenvalue weighted by Crippen LogP contribution is -2.13. The zero-order chi connectivity index (χ0) is 13.7. The summed E-state index contributed by atoms with van der Waals surface area (Å²) in [5.74, 6) is -1.73. The van der Waals surface area contributed by atoms with Gasteiger partial charge in [-0.15, -0.1) is 0 Å². The fourth-order valence-electron chi connectivity index (χ4n) is 1.71. The molecule has 2 nitrogen and oxygen atoms in total. The van der Waals surface area contributed by atoms with Crippen LogP contribution in [0.1, 0.15) is 12.0 Å². The minimum Gasteiger partial charge on any atom is -0.324 e. The van der Waals surface area contributed by atoms with Gasteiger partial charge in [-0.3, -0.25) is 4.79 Å². The topological polar surface area (TPSA) is 29.1 Å². The number of hydrogen-bond acceptors (Lipinski definition) is 1. The van der Waals surface area contributed by atoms with Crippen molar-refractivity contribution in [3.8, 4) is 0 Å². The summed E-state index contributed by atoms with van der Waals surface area (Å²) in [7, 11) is 0. The number of aryl methyl sites for hydroxylation is 1. The molecule has 1 N–H and O–H groups in total. The van der Waals surface area contributed by atoms with Gasteiger partial charge in [0.25, 0.3) is 0 Å². The highest BCUT2D eigenvalue weighted by Gasteiger charge is 2.08. The molecule has 0 saturated heterocycles. The van der Waals surface area contributed by atoms with Crippen molar-refractivity contribution >= 4 is 11.6 Å². The van der Waals surface area contributed by atoms with Gasteiger partial charge in [-0.05, 0) is 24.1 Å². The molecule has 0 aliphatic carbocycles. The molecule has 2 aromatic rings. The highest BCUT2D eigenvalue weighted by molar-refractivity contribution is 5.90. The molecule has 0 aromatic heterocycles. The molecule has 0 aliphatic heterocycles. The second-order valence-corrected chi connectivity index (χ2v) is 4.16. The molecular formula is C15H13F2NO. The number of hydrogen-bond donors (Lipinski definition) is 1. The lowest BCUT2D eigenvalue weighted by Gasteiger charge is -2.06. The van der Waals surface area contributed by atoms with Gasteiger partial charge in [-0.1, -0.05) is 30.3 Å². The van der Waals surface area contributed by atoms with E-state index in [4.69, 9.17) is 0 Å². The average molecular weight is 261 g/mol. The van der Waals surface area contributed by atoms with Crippen LogP contribution in [-0.2, 0) is 11.2 Å². The molecule has 19 heavy (non-hydrogen) atoms. The standard InChI is InChI=1S/C15H13F2NO/c16-12-7-8-14(13(17)10-12)18-15(19)9-6-11-4-2-1-3-5-11/h1-5,7-8,10H,6,9H2,(H,18,19). The number of rotatable bonds is 4. The minimum atomic E-state index is -0.770. The van der Waals surface area contributed by atoms with Gasteiger partial charge in [0.2, 0.25) is 5.91 Å². The van der Waals surface area contributed by atoms with Crippen LogP contribution in [0.5, 0.6) is 0 Å². The van der Waals surface area contributed by atoms with Crippen molar-refractivity contribution in [3.63, 3.8) is 0 Å². The molecule has 0 aliphatic rings. The molecule has 0 spiro atoms. The van der Waals surface area contributed by atoms with E-state index in [-0.39, 0.29) is 18.0 Å². The Morgan fingerprint density at radius 1 is 1.05 bits per heavy atom. The number of halogens is 2. The van der Waals surface area contributed by atoms with Crippen molar-refractivity contribution < 1.29 is 13.6 Å². The van der Waals surface area contributed by atoms with Gasteiger partial charge in [0, 0.05) is 12.5 Å². The molecule has 98 valence electrons. The maximum atomic E-state index is 13.3. The summed E-state index contributed by atoms with van der Waals surface area (Å²) in [6.45, 7) is 0. The van der Waals surface area contributed by atoms with E-state index in [9.17, 15) is 13.6 Å². The maximum Gasteiger partial charge on any atom is 0.224 e. The molecule has 0 saturated carbocycles. The quantitative estimate of drug-likeness (QED) is 0.896. The van der Waals surface area contributed by atoms with Crippen LogP contribution in [0.3, 0.4) is 0 Å². The highest BCUT2D eigenvalue weighted by Crippen LogP contribution is 2.15. The molecule has 2 rings (SSSR count). The normalized spacial score (nSPS) is 10.2. The van der Waals surface area contributed by atoms with E-state index in [2.05, 4.69) is 5.32 Å². The average Bonchev–Trinajstić information content (AvgIpc) is 2.41. The summed E-state index contributed by atoms with van der Waals surface area (Å²) in [6.07, 6.45) is 0.830. The second kappa shape index (κ2) is 6.09. The number of carbonyl (C=O) groups is 1. The van der Waals surface area contributed by atoms with E-state index in [1.165, 1.54) is 6.07 Å². The molecule has 0 bridgehead atoms. The molecule has 0 fully saturated rings. The first-order chi connectivity index (χ1) is 9.15. The molecule has 0 unspecified atom stereocenters. The Morgan fingerprint density at radius 2 is 1.79 bits per heavy atom. The predicted molar refractivity (Wildman–Crippen MR) is 69.8 cm³/mol. The Labute approximate surface area is 110 Å². The van der Waals surface area contributed by atoms with Gasteiger partial charge in [-0.25, -0.2) is 8.78 Å². The Kier molecular flexibility index (Phi) is 4.23. The van der Waals surface area contributed by atoms with Crippen molar-refractivity contribution in [2.45, 2.75) is 12.8 Å². The Balaban J connectivity index is 1.91. The second-order valence-electron chi connectivity index (χ2n) is 4.16. The largest absolute Gasteiger partial charge is 0.324 e. The van der Waals surface area contributed by atoms with E-state index in [0.29, 0.717) is 6.42 Å². The zero-order valence-electron chi connectivity index (χ0n) is 10.2. The fourth-order valence-corrected chi connectivity index (χ4v) is 1.71. The molecule has 4 heteroatoms. The lowest BCUT2D eigenvalue weighted by molar-refractivity contribution is -0.116. The van der Waals surface area contributed by atoms with Crippen LogP contribution in [0.25, 0.3) is 0 Å². The van der Waals surface area contributed by atoms with Crippen LogP contribution < -0.4 is 5.32 Å². The van der Waals surface area contributed by atoms with E-state index < -0.39 is 11.6 Å². The monoisotopic (exact) mass is 261 g/mol. The zero-order valence-corrected chi connectivity index (χ0v) is 10.2. The van der Waals surface area contributed by atoms with Gasteiger partial charge >= 0.3 is 0 Å². The van der Waals surface area contributed by atoms with Crippen LogP contribution in [0.2, 0.25) is 0 Å². The summed E-state index contributed by atoms with van der Waals surface area (Å²) < 4.78 is 26.0. The highest BCUT2D eigenvalue weighted by atomic mass is 19.1. The summed E-state index contributed by atoms with van der Waals surface area (Å²) in [5.41, 5.74) is 1.04. The minimum absolute atomic E-state index is 0.000498. The molecule has 2 aromatic carbocycles. The summed E-state index contributed by atoms with van der Waals surface area (Å²) in [6, 6.07) is 12.6.